The van der Waals surface area contributed by atoms with E-state index in [0.717, 1.165) is 21.1 Å². The van der Waals surface area contributed by atoms with Crippen LogP contribution in [0, 0.1) is 0 Å². The minimum Gasteiger partial charge on any atom is -0.496 e. The minimum absolute atomic E-state index is 0.00531. The lowest BCUT2D eigenvalue weighted by Gasteiger charge is -2.10. The van der Waals surface area contributed by atoms with Crippen molar-refractivity contribution in [2.75, 3.05) is 7.11 Å². The summed E-state index contributed by atoms with van der Waals surface area (Å²) in [5, 5.41) is 9.98. The largest absolute Gasteiger partial charge is 0.496 e. The number of aliphatic hydroxyl groups is 1. The van der Waals surface area contributed by atoms with Crippen LogP contribution in [-0.4, -0.2) is 12.2 Å². The summed E-state index contributed by atoms with van der Waals surface area (Å²) in [6, 6.07) is 13.2. The summed E-state index contributed by atoms with van der Waals surface area (Å²) in [5.41, 5.74) is 0.857. The molecule has 0 saturated heterocycles. The molecule has 94 valence electrons. The average Bonchev–Trinajstić information content (AvgIpc) is 2.40. The van der Waals surface area contributed by atoms with E-state index in [1.54, 1.807) is 13.2 Å². The van der Waals surface area contributed by atoms with Gasteiger partial charge in [0.2, 0.25) is 0 Å². The van der Waals surface area contributed by atoms with E-state index in [1.807, 2.05) is 36.4 Å². The Hall–Kier alpha value is -1.16. The molecule has 0 unspecified atom stereocenters. The number of halogens is 1. The molecule has 0 aliphatic rings. The fourth-order valence-corrected chi connectivity index (χ4v) is 2.90. The molecule has 2 aromatic carbocycles. The third kappa shape index (κ3) is 2.99. The summed E-state index contributed by atoms with van der Waals surface area (Å²) in [6.07, 6.45) is 0. The van der Waals surface area contributed by atoms with E-state index in [2.05, 4.69) is 0 Å². The van der Waals surface area contributed by atoms with Gasteiger partial charge in [0.15, 0.2) is 0 Å². The zero-order valence-corrected chi connectivity index (χ0v) is 11.5. The average molecular weight is 281 g/mol. The van der Waals surface area contributed by atoms with Gasteiger partial charge in [-0.15, -0.1) is 0 Å². The van der Waals surface area contributed by atoms with Gasteiger partial charge in [0.1, 0.15) is 5.75 Å². The molecule has 2 rings (SSSR count). The Kier molecular flexibility index (Phi) is 4.53. The SMILES string of the molecule is COc1ccccc1Sc1cc(Cl)ccc1CO. The molecular weight excluding hydrogens is 268 g/mol. The van der Waals surface area contributed by atoms with Gasteiger partial charge >= 0.3 is 0 Å². The van der Waals surface area contributed by atoms with Crippen LogP contribution < -0.4 is 4.74 Å². The maximum Gasteiger partial charge on any atom is 0.132 e. The lowest BCUT2D eigenvalue weighted by Crippen LogP contribution is -1.89. The highest BCUT2D eigenvalue weighted by Gasteiger charge is 2.08. The van der Waals surface area contributed by atoms with E-state index in [-0.39, 0.29) is 6.61 Å². The molecule has 0 amide bonds. The molecule has 0 heterocycles. The fraction of sp³-hybridized carbons (Fsp3) is 0.143. The first-order chi connectivity index (χ1) is 8.74. The highest BCUT2D eigenvalue weighted by molar-refractivity contribution is 7.99. The normalized spacial score (nSPS) is 10.4. The van der Waals surface area contributed by atoms with Crippen LogP contribution in [0.15, 0.2) is 52.3 Å². The number of para-hydroxylation sites is 1. The summed E-state index contributed by atoms with van der Waals surface area (Å²) in [4.78, 5) is 1.94. The number of benzene rings is 2. The van der Waals surface area contributed by atoms with Crippen molar-refractivity contribution < 1.29 is 9.84 Å². The lowest BCUT2D eigenvalue weighted by atomic mass is 10.2. The van der Waals surface area contributed by atoms with Gasteiger partial charge in [-0.3, -0.25) is 0 Å². The molecular formula is C14H13ClO2S. The van der Waals surface area contributed by atoms with Crippen LogP contribution >= 0.6 is 23.4 Å². The van der Waals surface area contributed by atoms with E-state index in [4.69, 9.17) is 16.3 Å². The monoisotopic (exact) mass is 280 g/mol. The summed E-state index contributed by atoms with van der Waals surface area (Å²) in [7, 11) is 1.64. The molecule has 0 saturated carbocycles. The van der Waals surface area contributed by atoms with Crippen LogP contribution in [0.4, 0.5) is 0 Å². The third-order valence-electron chi connectivity index (χ3n) is 2.49. The summed E-state index contributed by atoms with van der Waals surface area (Å²) >= 11 is 7.52. The third-order valence-corrected chi connectivity index (χ3v) is 3.88. The smallest absolute Gasteiger partial charge is 0.132 e. The predicted octanol–water partition coefficient (Wildman–Crippen LogP) is 3.99. The second-order valence-corrected chi connectivity index (χ2v) is 5.18. The topological polar surface area (TPSA) is 29.5 Å². The molecule has 0 aliphatic heterocycles. The summed E-state index contributed by atoms with van der Waals surface area (Å²) in [6.45, 7) is -0.00531. The molecule has 0 radical (unpaired) electrons. The second kappa shape index (κ2) is 6.14. The number of aliphatic hydroxyl groups excluding tert-OH is 1. The van der Waals surface area contributed by atoms with Crippen LogP contribution in [0.2, 0.25) is 5.02 Å². The Morgan fingerprint density at radius 1 is 1.17 bits per heavy atom. The first kappa shape index (κ1) is 13.3. The maximum atomic E-state index is 9.33. The zero-order valence-electron chi connectivity index (χ0n) is 9.89. The van der Waals surface area contributed by atoms with Crippen molar-refractivity contribution in [1.82, 2.24) is 0 Å². The molecule has 2 nitrogen and oxygen atoms in total. The Balaban J connectivity index is 2.36. The van der Waals surface area contributed by atoms with E-state index in [1.165, 1.54) is 11.8 Å². The molecule has 0 atom stereocenters. The quantitative estimate of drug-likeness (QED) is 0.918. The van der Waals surface area contributed by atoms with E-state index >= 15 is 0 Å². The van der Waals surface area contributed by atoms with Crippen molar-refractivity contribution in [3.05, 3.63) is 53.1 Å². The Morgan fingerprint density at radius 2 is 1.94 bits per heavy atom. The highest BCUT2D eigenvalue weighted by atomic mass is 35.5. The van der Waals surface area contributed by atoms with E-state index in [9.17, 15) is 5.11 Å². The van der Waals surface area contributed by atoms with E-state index in [0.29, 0.717) is 5.02 Å². The van der Waals surface area contributed by atoms with E-state index < -0.39 is 0 Å². The number of methoxy groups -OCH3 is 1. The highest BCUT2D eigenvalue weighted by Crippen LogP contribution is 2.37. The second-order valence-electron chi connectivity index (χ2n) is 3.66. The van der Waals surface area contributed by atoms with Crippen LogP contribution in [0.5, 0.6) is 5.75 Å². The van der Waals surface area contributed by atoms with Crippen molar-refractivity contribution in [1.29, 1.82) is 0 Å². The van der Waals surface area contributed by atoms with Gasteiger partial charge in [0.25, 0.3) is 0 Å². The molecule has 1 N–H and O–H groups in total. The molecule has 2 aromatic rings. The summed E-state index contributed by atoms with van der Waals surface area (Å²) in [5.74, 6) is 0.811. The Morgan fingerprint density at radius 3 is 2.67 bits per heavy atom. The van der Waals surface area contributed by atoms with Gasteiger partial charge in [-0.1, -0.05) is 41.6 Å². The molecule has 0 spiro atoms. The molecule has 0 fully saturated rings. The zero-order chi connectivity index (χ0) is 13.0. The number of rotatable bonds is 4. The Bertz CT molecular complexity index is 543. The standard InChI is InChI=1S/C14H13ClO2S/c1-17-12-4-2-3-5-13(12)18-14-8-11(15)7-6-10(14)9-16/h2-8,16H,9H2,1H3. The molecule has 0 aliphatic carbocycles. The van der Waals surface area contributed by atoms with Gasteiger partial charge in [0.05, 0.1) is 18.6 Å². The van der Waals surface area contributed by atoms with Crippen molar-refractivity contribution >= 4 is 23.4 Å². The predicted molar refractivity (Wildman–Crippen MR) is 74.5 cm³/mol. The van der Waals surface area contributed by atoms with Gasteiger partial charge in [-0.2, -0.15) is 0 Å². The van der Waals surface area contributed by atoms with Gasteiger partial charge in [-0.05, 0) is 29.8 Å². The number of ether oxygens (including phenoxy) is 1. The van der Waals surface area contributed by atoms with Crippen LogP contribution in [0.25, 0.3) is 0 Å². The van der Waals surface area contributed by atoms with Crippen molar-refractivity contribution in [3.8, 4) is 5.75 Å². The lowest BCUT2D eigenvalue weighted by molar-refractivity contribution is 0.279. The van der Waals surface area contributed by atoms with Crippen molar-refractivity contribution in [3.63, 3.8) is 0 Å². The molecule has 18 heavy (non-hydrogen) atoms. The Labute approximate surface area is 116 Å². The molecule has 0 bridgehead atoms. The van der Waals surface area contributed by atoms with Crippen LogP contribution in [-0.2, 0) is 6.61 Å². The first-order valence-corrected chi connectivity index (χ1v) is 6.64. The minimum atomic E-state index is -0.00531. The number of hydrogen-bond acceptors (Lipinski definition) is 3. The maximum absolute atomic E-state index is 9.33. The number of hydrogen-bond donors (Lipinski definition) is 1. The first-order valence-electron chi connectivity index (χ1n) is 5.44. The van der Waals surface area contributed by atoms with Crippen LogP contribution in [0.1, 0.15) is 5.56 Å². The van der Waals surface area contributed by atoms with Gasteiger partial charge in [0, 0.05) is 9.92 Å². The summed E-state index contributed by atoms with van der Waals surface area (Å²) < 4.78 is 5.30. The molecule has 0 aromatic heterocycles. The molecule has 4 heteroatoms. The van der Waals surface area contributed by atoms with Gasteiger partial charge < -0.3 is 9.84 Å². The van der Waals surface area contributed by atoms with Crippen molar-refractivity contribution in [2.24, 2.45) is 0 Å². The van der Waals surface area contributed by atoms with Crippen molar-refractivity contribution in [2.45, 2.75) is 16.4 Å². The fourth-order valence-electron chi connectivity index (χ4n) is 1.58. The van der Waals surface area contributed by atoms with Crippen LogP contribution in [0.3, 0.4) is 0 Å². The van der Waals surface area contributed by atoms with Gasteiger partial charge in [-0.25, -0.2) is 0 Å².